The van der Waals surface area contributed by atoms with E-state index in [4.69, 9.17) is 9.26 Å². The number of aliphatic hydroxyl groups excluding tert-OH is 2. The maximum Gasteiger partial charge on any atom is 0.194 e. The number of anilines is 1. The second-order valence-corrected chi connectivity index (χ2v) is 9.38. The van der Waals surface area contributed by atoms with Crippen molar-refractivity contribution in [2.24, 2.45) is 0 Å². The molecule has 0 amide bonds. The largest absolute Gasteiger partial charge is 0.394 e. The third kappa shape index (κ3) is 5.96. The lowest BCUT2D eigenvalue weighted by molar-refractivity contribution is -0.104. The van der Waals surface area contributed by atoms with Crippen molar-refractivity contribution in [3.05, 3.63) is 12.7 Å². The van der Waals surface area contributed by atoms with Gasteiger partial charge in [-0.1, -0.05) is 13.8 Å². The van der Waals surface area contributed by atoms with Gasteiger partial charge in [-0.3, -0.25) is 9.13 Å². The van der Waals surface area contributed by atoms with E-state index in [0.29, 0.717) is 23.4 Å². The Labute approximate surface area is 171 Å². The summed E-state index contributed by atoms with van der Waals surface area (Å²) in [6.45, 7) is 7.33. The van der Waals surface area contributed by atoms with Crippen LogP contribution in [0.25, 0.3) is 11.2 Å². The summed E-state index contributed by atoms with van der Waals surface area (Å²) in [6, 6.07) is 0. The molecule has 0 saturated carbocycles. The van der Waals surface area contributed by atoms with Crippen LogP contribution in [0.4, 0.5) is 5.82 Å². The number of fused-ring (bicyclic) bond motifs is 1. The van der Waals surface area contributed by atoms with Gasteiger partial charge in [0.15, 0.2) is 25.7 Å². The zero-order chi connectivity index (χ0) is 21.6. The first kappa shape index (κ1) is 23.7. The van der Waals surface area contributed by atoms with Crippen LogP contribution in [0.5, 0.6) is 0 Å². The van der Waals surface area contributed by atoms with Crippen molar-refractivity contribution in [2.45, 2.75) is 64.1 Å². The number of nitrogens with zero attached hydrogens (tertiary/aromatic N) is 4. The zero-order valence-electron chi connectivity index (χ0n) is 17.6. The quantitative estimate of drug-likeness (QED) is 0.434. The molecule has 11 heteroatoms. The van der Waals surface area contributed by atoms with Gasteiger partial charge in [-0.2, -0.15) is 0 Å². The second kappa shape index (κ2) is 10.4. The molecule has 2 rings (SSSR count). The van der Waals surface area contributed by atoms with Crippen molar-refractivity contribution in [2.75, 3.05) is 25.6 Å². The van der Waals surface area contributed by atoms with Gasteiger partial charge in [0.1, 0.15) is 17.9 Å². The van der Waals surface area contributed by atoms with Crippen molar-refractivity contribution in [1.82, 2.24) is 19.5 Å². The molecule has 0 aliphatic heterocycles. The molecule has 2 heterocycles. The fraction of sp³-hybridized carbons (Fsp3) is 0.722. The Morgan fingerprint density at radius 3 is 2.69 bits per heavy atom. The number of ether oxygens (including phenoxy) is 1. The summed E-state index contributed by atoms with van der Waals surface area (Å²) in [5.41, 5.74) is 0.374. The van der Waals surface area contributed by atoms with Gasteiger partial charge in [0.05, 0.1) is 25.1 Å². The minimum Gasteiger partial charge on any atom is -0.394 e. The average Bonchev–Trinajstić information content (AvgIpc) is 3.13. The smallest absolute Gasteiger partial charge is 0.194 e. The Morgan fingerprint density at radius 1 is 1.34 bits per heavy atom. The average molecular weight is 429 g/mol. The molecule has 0 saturated heterocycles. The zero-order valence-corrected chi connectivity index (χ0v) is 18.6. The molecule has 0 aromatic carbocycles. The molecule has 0 spiro atoms. The standard InChI is InChI=1S/C18H32N5O5P/c1-6-12(2)29(26)28-18(3,4)7-8-27-17(13(25)9-24)23-11-22-14-15(19-5)20-10-21-16(14)23/h10-13,17,24-25,29H,6-9H2,1-5H3,(H,19,20,21)/t12-,13+,17?/m0/s1. The maximum absolute atomic E-state index is 12.3. The first-order valence-corrected chi connectivity index (χ1v) is 11.1. The lowest BCUT2D eigenvalue weighted by atomic mass is 10.1. The van der Waals surface area contributed by atoms with E-state index in [1.807, 2.05) is 27.7 Å². The fourth-order valence-corrected chi connectivity index (χ4v) is 3.89. The summed E-state index contributed by atoms with van der Waals surface area (Å²) in [6.07, 6.45) is 2.05. The number of imidazole rings is 1. The van der Waals surface area contributed by atoms with Gasteiger partial charge in [0, 0.05) is 12.7 Å². The highest BCUT2D eigenvalue weighted by Gasteiger charge is 2.28. The fourth-order valence-electron chi connectivity index (χ4n) is 2.70. The molecule has 29 heavy (non-hydrogen) atoms. The molecule has 3 N–H and O–H groups in total. The van der Waals surface area contributed by atoms with Gasteiger partial charge in [-0.05, 0) is 26.7 Å². The predicted octanol–water partition coefficient (Wildman–Crippen LogP) is 2.19. The minimum atomic E-state index is -2.16. The summed E-state index contributed by atoms with van der Waals surface area (Å²) in [4.78, 5) is 12.6. The molecule has 164 valence electrons. The molecule has 0 bridgehead atoms. The first-order valence-electron chi connectivity index (χ1n) is 9.72. The van der Waals surface area contributed by atoms with Crippen LogP contribution in [-0.2, 0) is 13.8 Å². The van der Waals surface area contributed by atoms with Crippen LogP contribution in [0.15, 0.2) is 12.7 Å². The topological polar surface area (TPSA) is 132 Å². The maximum atomic E-state index is 12.3. The van der Waals surface area contributed by atoms with Crippen LogP contribution < -0.4 is 5.32 Å². The van der Waals surface area contributed by atoms with Gasteiger partial charge in [-0.25, -0.2) is 15.0 Å². The Bertz CT molecular complexity index is 815. The van der Waals surface area contributed by atoms with Crippen molar-refractivity contribution < 1.29 is 24.0 Å². The van der Waals surface area contributed by atoms with Crippen LogP contribution in [0.3, 0.4) is 0 Å². The first-order chi connectivity index (χ1) is 13.7. The highest BCUT2D eigenvalue weighted by Crippen LogP contribution is 2.38. The Hall–Kier alpha value is -1.58. The van der Waals surface area contributed by atoms with Gasteiger partial charge in [0.2, 0.25) is 0 Å². The number of rotatable bonds is 12. The minimum absolute atomic E-state index is 0.0162. The number of aromatic nitrogens is 4. The van der Waals surface area contributed by atoms with E-state index in [9.17, 15) is 14.8 Å². The van der Waals surface area contributed by atoms with Crippen LogP contribution in [0.2, 0.25) is 0 Å². The predicted molar refractivity (Wildman–Crippen MR) is 111 cm³/mol. The van der Waals surface area contributed by atoms with E-state index in [2.05, 4.69) is 20.3 Å². The third-order valence-electron chi connectivity index (χ3n) is 4.77. The second-order valence-electron chi connectivity index (χ2n) is 7.55. The normalized spacial score (nSPS) is 16.5. The lowest BCUT2D eigenvalue weighted by Crippen LogP contribution is -2.32. The summed E-state index contributed by atoms with van der Waals surface area (Å²) >= 11 is 0. The molecule has 2 aromatic heterocycles. The van der Waals surface area contributed by atoms with Crippen molar-refractivity contribution in [3.63, 3.8) is 0 Å². The monoisotopic (exact) mass is 429 g/mol. The van der Waals surface area contributed by atoms with Gasteiger partial charge < -0.3 is 24.8 Å². The van der Waals surface area contributed by atoms with E-state index in [1.165, 1.54) is 12.7 Å². The van der Waals surface area contributed by atoms with Crippen LogP contribution in [-0.4, -0.2) is 67.4 Å². The van der Waals surface area contributed by atoms with Crippen LogP contribution >= 0.6 is 8.03 Å². The molecule has 10 nitrogen and oxygen atoms in total. The molecule has 0 aliphatic carbocycles. The molecular formula is C18H32N5O5P. The summed E-state index contributed by atoms with van der Waals surface area (Å²) < 4.78 is 25.5. The van der Waals surface area contributed by atoms with Gasteiger partial charge >= 0.3 is 0 Å². The Balaban J connectivity index is 2.12. The summed E-state index contributed by atoms with van der Waals surface area (Å²) in [5.74, 6) is 0.552. The molecule has 2 unspecified atom stereocenters. The molecule has 0 aliphatic rings. The lowest BCUT2D eigenvalue weighted by Gasteiger charge is -2.29. The van der Waals surface area contributed by atoms with E-state index >= 15 is 0 Å². The molecule has 0 fully saturated rings. The Morgan fingerprint density at radius 2 is 2.07 bits per heavy atom. The SMILES string of the molecule is CC[C@H](C)[PH](=O)OC(C)(C)CCOC([C@H](O)CO)n1cnc2c(NC)ncnc21. The summed E-state index contributed by atoms with van der Waals surface area (Å²) in [5, 5.41) is 22.7. The molecule has 2 aromatic rings. The third-order valence-corrected chi connectivity index (χ3v) is 6.74. The summed E-state index contributed by atoms with van der Waals surface area (Å²) in [7, 11) is -0.432. The van der Waals surface area contributed by atoms with E-state index < -0.39 is 32.6 Å². The molecule has 0 radical (unpaired) electrons. The molecule has 4 atom stereocenters. The van der Waals surface area contributed by atoms with E-state index in [1.54, 1.807) is 11.6 Å². The van der Waals surface area contributed by atoms with Crippen LogP contribution in [0, 0.1) is 0 Å². The van der Waals surface area contributed by atoms with Gasteiger partial charge in [-0.15, -0.1) is 0 Å². The van der Waals surface area contributed by atoms with E-state index in [0.717, 1.165) is 6.42 Å². The van der Waals surface area contributed by atoms with Gasteiger partial charge in [0.25, 0.3) is 0 Å². The van der Waals surface area contributed by atoms with Crippen LogP contribution in [0.1, 0.15) is 46.8 Å². The van der Waals surface area contributed by atoms with Crippen molar-refractivity contribution in [1.29, 1.82) is 0 Å². The molecular weight excluding hydrogens is 397 g/mol. The number of nitrogens with one attached hydrogen (secondary N) is 1. The highest BCUT2D eigenvalue weighted by atomic mass is 31.1. The Kier molecular flexibility index (Phi) is 8.54. The number of aliphatic hydroxyl groups is 2. The highest BCUT2D eigenvalue weighted by molar-refractivity contribution is 7.40. The number of hydrogen-bond acceptors (Lipinski definition) is 9. The number of hydrogen-bond donors (Lipinski definition) is 3. The van der Waals surface area contributed by atoms with Crippen molar-refractivity contribution in [3.8, 4) is 0 Å². The van der Waals surface area contributed by atoms with Crippen molar-refractivity contribution >= 4 is 25.0 Å². The van der Waals surface area contributed by atoms with E-state index in [-0.39, 0.29) is 12.3 Å².